The summed E-state index contributed by atoms with van der Waals surface area (Å²) < 4.78 is 6.37. The van der Waals surface area contributed by atoms with E-state index in [4.69, 9.17) is 28.2 Å². The molecular weight excluding hydrogens is 402 g/mol. The largest absolute Gasteiger partial charge is 0.459 e. The van der Waals surface area contributed by atoms with Crippen LogP contribution in [0.3, 0.4) is 0 Å². The Morgan fingerprint density at radius 3 is 2.76 bits per heavy atom. The number of nitrogens with one attached hydrogen (secondary N) is 1. The predicted octanol–water partition coefficient (Wildman–Crippen LogP) is 5.93. The molecule has 1 N–H and O–H groups in total. The number of pyridine rings is 1. The first-order valence-electron chi connectivity index (χ1n) is 9.78. The van der Waals surface area contributed by atoms with Gasteiger partial charge in [0.25, 0.3) is 0 Å². The van der Waals surface area contributed by atoms with Gasteiger partial charge in [0.15, 0.2) is 5.11 Å². The van der Waals surface area contributed by atoms with Crippen LogP contribution in [0.1, 0.15) is 42.9 Å². The van der Waals surface area contributed by atoms with Crippen LogP contribution < -0.4 is 5.32 Å². The molecule has 3 heterocycles. The van der Waals surface area contributed by atoms with E-state index in [0.717, 1.165) is 40.0 Å². The normalized spacial score (nSPS) is 19.1. The van der Waals surface area contributed by atoms with Crippen LogP contribution in [0.5, 0.6) is 0 Å². The second kappa shape index (κ2) is 8.17. The molecular formula is C23H24ClN3OS. The third-order valence-corrected chi connectivity index (χ3v) is 5.73. The van der Waals surface area contributed by atoms with Gasteiger partial charge in [-0.3, -0.25) is 4.98 Å². The van der Waals surface area contributed by atoms with Crippen LogP contribution in [-0.2, 0) is 0 Å². The Hall–Kier alpha value is -2.37. The Balaban J connectivity index is 1.75. The van der Waals surface area contributed by atoms with E-state index < -0.39 is 0 Å². The third kappa shape index (κ3) is 4.02. The molecule has 0 radical (unpaired) electrons. The highest BCUT2D eigenvalue weighted by atomic mass is 35.5. The molecule has 0 aliphatic carbocycles. The molecule has 0 unspecified atom stereocenters. The summed E-state index contributed by atoms with van der Waals surface area (Å²) in [5.74, 6) is 2.13. The van der Waals surface area contributed by atoms with Crippen molar-refractivity contribution in [3.8, 4) is 11.3 Å². The minimum absolute atomic E-state index is 0.0620. The second-order valence-corrected chi connectivity index (χ2v) is 8.66. The molecule has 3 aromatic rings. The van der Waals surface area contributed by atoms with E-state index in [9.17, 15) is 0 Å². The van der Waals surface area contributed by atoms with Gasteiger partial charge in [-0.05, 0) is 67.0 Å². The average molecular weight is 426 g/mol. The highest BCUT2D eigenvalue weighted by molar-refractivity contribution is 7.80. The number of rotatable bonds is 5. The molecule has 150 valence electrons. The van der Waals surface area contributed by atoms with Gasteiger partial charge in [0.1, 0.15) is 17.6 Å². The Bertz CT molecular complexity index is 1020. The van der Waals surface area contributed by atoms with E-state index in [1.165, 1.54) is 0 Å². The fraction of sp³-hybridized carbons (Fsp3) is 0.304. The summed E-state index contributed by atoms with van der Waals surface area (Å²) in [6, 6.07) is 15.7. The van der Waals surface area contributed by atoms with Crippen molar-refractivity contribution >= 4 is 28.9 Å². The maximum absolute atomic E-state index is 6.37. The van der Waals surface area contributed by atoms with E-state index in [-0.39, 0.29) is 12.1 Å². The summed E-state index contributed by atoms with van der Waals surface area (Å²) in [5.41, 5.74) is 3.07. The Morgan fingerprint density at radius 2 is 2.03 bits per heavy atom. The van der Waals surface area contributed by atoms with Gasteiger partial charge in [-0.25, -0.2) is 0 Å². The molecule has 4 rings (SSSR count). The van der Waals surface area contributed by atoms with Gasteiger partial charge in [-0.2, -0.15) is 0 Å². The highest BCUT2D eigenvalue weighted by Gasteiger charge is 2.41. The first kappa shape index (κ1) is 19.9. The molecule has 29 heavy (non-hydrogen) atoms. The minimum Gasteiger partial charge on any atom is -0.459 e. The molecule has 1 aliphatic heterocycles. The maximum Gasteiger partial charge on any atom is 0.170 e. The topological polar surface area (TPSA) is 41.3 Å². The summed E-state index contributed by atoms with van der Waals surface area (Å²) in [7, 11) is 0. The molecule has 1 aromatic carbocycles. The molecule has 4 nitrogen and oxygen atoms in total. The molecule has 1 fully saturated rings. The fourth-order valence-electron chi connectivity index (χ4n) is 3.82. The lowest BCUT2D eigenvalue weighted by Crippen LogP contribution is -2.32. The first-order chi connectivity index (χ1) is 13.9. The van der Waals surface area contributed by atoms with Gasteiger partial charge < -0.3 is 14.6 Å². The van der Waals surface area contributed by atoms with Crippen LogP contribution in [-0.4, -0.2) is 21.5 Å². The van der Waals surface area contributed by atoms with E-state index >= 15 is 0 Å². The van der Waals surface area contributed by atoms with Crippen molar-refractivity contribution < 1.29 is 4.42 Å². The van der Waals surface area contributed by atoms with Crippen molar-refractivity contribution in [2.45, 2.75) is 32.9 Å². The SMILES string of the molecule is Cc1ccc(Cl)cc1-c1ccc([C@@H]2[C@@H](c3ccccn3)NC(=S)N2CC(C)C)o1. The zero-order valence-electron chi connectivity index (χ0n) is 16.7. The summed E-state index contributed by atoms with van der Waals surface area (Å²) in [6.07, 6.45) is 1.81. The molecule has 0 amide bonds. The monoisotopic (exact) mass is 425 g/mol. The zero-order valence-corrected chi connectivity index (χ0v) is 18.3. The van der Waals surface area contributed by atoms with Crippen molar-refractivity contribution in [3.05, 3.63) is 76.8 Å². The zero-order chi connectivity index (χ0) is 20.5. The molecule has 6 heteroatoms. The molecule has 2 aromatic heterocycles. The van der Waals surface area contributed by atoms with Gasteiger partial charge in [-0.15, -0.1) is 0 Å². The summed E-state index contributed by atoms with van der Waals surface area (Å²) in [4.78, 5) is 6.78. The Morgan fingerprint density at radius 1 is 1.21 bits per heavy atom. The quantitative estimate of drug-likeness (QED) is 0.513. The van der Waals surface area contributed by atoms with E-state index in [1.807, 2.05) is 54.7 Å². The number of furan rings is 1. The standard InChI is InChI=1S/C23H24ClN3OS/c1-14(2)13-27-22(21(26-23(27)29)18-6-4-5-11-25-18)20-10-9-19(28-20)17-12-16(24)8-7-15(17)3/h4-12,14,21-22H,13H2,1-3H3,(H,26,29)/t21-,22-/m1/s1. The number of aromatic nitrogens is 1. The van der Waals surface area contributed by atoms with Gasteiger partial charge in [0.05, 0.1) is 11.7 Å². The number of hydrogen-bond donors (Lipinski definition) is 1. The number of hydrogen-bond acceptors (Lipinski definition) is 3. The van der Waals surface area contributed by atoms with Crippen molar-refractivity contribution in [2.24, 2.45) is 5.92 Å². The number of nitrogens with zero attached hydrogens (tertiary/aromatic N) is 2. The van der Waals surface area contributed by atoms with Gasteiger partial charge >= 0.3 is 0 Å². The number of aryl methyl sites for hydroxylation is 1. The molecule has 0 bridgehead atoms. The molecule has 0 spiro atoms. The molecule has 1 saturated heterocycles. The summed E-state index contributed by atoms with van der Waals surface area (Å²) in [6.45, 7) is 7.28. The van der Waals surface area contributed by atoms with Crippen LogP contribution in [0.2, 0.25) is 5.02 Å². The minimum atomic E-state index is -0.0677. The van der Waals surface area contributed by atoms with Gasteiger partial charge in [-0.1, -0.05) is 37.6 Å². The van der Waals surface area contributed by atoms with Crippen LogP contribution in [0.15, 0.2) is 59.1 Å². The summed E-state index contributed by atoms with van der Waals surface area (Å²) >= 11 is 11.9. The smallest absolute Gasteiger partial charge is 0.170 e. The Kier molecular flexibility index (Phi) is 5.61. The molecule has 1 aliphatic rings. The highest BCUT2D eigenvalue weighted by Crippen LogP contribution is 2.41. The van der Waals surface area contributed by atoms with E-state index in [1.54, 1.807) is 0 Å². The van der Waals surface area contributed by atoms with Crippen molar-refractivity contribution in [2.75, 3.05) is 6.54 Å². The van der Waals surface area contributed by atoms with Crippen molar-refractivity contribution in [1.29, 1.82) is 0 Å². The van der Waals surface area contributed by atoms with E-state index in [2.05, 4.69) is 36.0 Å². The third-order valence-electron chi connectivity index (χ3n) is 5.14. The lowest BCUT2D eigenvalue weighted by Gasteiger charge is -2.27. The van der Waals surface area contributed by atoms with Crippen molar-refractivity contribution in [1.82, 2.24) is 15.2 Å². The Labute approximate surface area is 181 Å². The van der Waals surface area contributed by atoms with Gasteiger partial charge in [0, 0.05) is 23.3 Å². The van der Waals surface area contributed by atoms with Crippen LogP contribution in [0.4, 0.5) is 0 Å². The lowest BCUT2D eigenvalue weighted by molar-refractivity contribution is 0.253. The first-order valence-corrected chi connectivity index (χ1v) is 10.6. The van der Waals surface area contributed by atoms with E-state index in [0.29, 0.717) is 10.9 Å². The average Bonchev–Trinajstić information content (AvgIpc) is 3.29. The molecule has 2 atom stereocenters. The predicted molar refractivity (Wildman–Crippen MR) is 121 cm³/mol. The number of benzene rings is 1. The van der Waals surface area contributed by atoms with Crippen molar-refractivity contribution in [3.63, 3.8) is 0 Å². The van der Waals surface area contributed by atoms with Crippen LogP contribution >= 0.6 is 23.8 Å². The fourth-order valence-corrected chi connectivity index (χ4v) is 4.31. The van der Waals surface area contributed by atoms with Crippen LogP contribution in [0.25, 0.3) is 11.3 Å². The van der Waals surface area contributed by atoms with Gasteiger partial charge in [0.2, 0.25) is 0 Å². The number of thiocarbonyl (C=S) groups is 1. The summed E-state index contributed by atoms with van der Waals surface area (Å²) in [5, 5.41) is 4.88. The molecule has 0 saturated carbocycles. The lowest BCUT2D eigenvalue weighted by atomic mass is 10.0. The second-order valence-electron chi connectivity index (χ2n) is 7.83. The van der Waals surface area contributed by atoms with Crippen LogP contribution in [0, 0.1) is 12.8 Å². The number of halogens is 1. The maximum atomic E-state index is 6.37.